The molecule has 14 heavy (non-hydrogen) atoms. The van der Waals surface area contributed by atoms with Gasteiger partial charge in [0.15, 0.2) is 0 Å². The Morgan fingerprint density at radius 1 is 1.43 bits per heavy atom. The summed E-state index contributed by atoms with van der Waals surface area (Å²) in [5.74, 6) is 0. The van der Waals surface area contributed by atoms with Gasteiger partial charge in [-0.3, -0.25) is 0 Å². The number of nitrogens with two attached hydrogens (primary N) is 1. The van der Waals surface area contributed by atoms with Crippen LogP contribution in [0.5, 0.6) is 0 Å². The lowest BCUT2D eigenvalue weighted by Gasteiger charge is -2.23. The maximum Gasteiger partial charge on any atom is 0.121 e. The number of hydrogen-bond acceptors (Lipinski definition) is 1. The standard InChI is InChI=1S/C11H15BrFN/c1-11(2,14)10(13)7-8-5-3-4-6-9(8)12/h3-6,10H,7,14H2,1-2H3. The van der Waals surface area contributed by atoms with Gasteiger partial charge in [-0.15, -0.1) is 0 Å². The molecule has 0 saturated heterocycles. The third-order valence-electron chi connectivity index (χ3n) is 2.16. The van der Waals surface area contributed by atoms with Gasteiger partial charge in [-0.1, -0.05) is 34.1 Å². The first kappa shape index (κ1) is 11.7. The molecule has 0 fully saturated rings. The van der Waals surface area contributed by atoms with Crippen molar-refractivity contribution in [3.8, 4) is 0 Å². The molecule has 0 saturated carbocycles. The van der Waals surface area contributed by atoms with Gasteiger partial charge < -0.3 is 5.73 Å². The summed E-state index contributed by atoms with van der Waals surface area (Å²) in [6, 6.07) is 7.62. The Kier molecular flexibility index (Phi) is 3.67. The Hall–Kier alpha value is -0.410. The molecule has 1 aromatic carbocycles. The minimum Gasteiger partial charge on any atom is -0.323 e. The molecule has 1 nitrogen and oxygen atoms in total. The van der Waals surface area contributed by atoms with Crippen LogP contribution in [0.2, 0.25) is 0 Å². The molecular weight excluding hydrogens is 245 g/mol. The highest BCUT2D eigenvalue weighted by atomic mass is 79.9. The molecule has 2 N–H and O–H groups in total. The summed E-state index contributed by atoms with van der Waals surface area (Å²) in [4.78, 5) is 0. The summed E-state index contributed by atoms with van der Waals surface area (Å²) in [5, 5.41) is 0. The zero-order valence-corrected chi connectivity index (χ0v) is 10.0. The number of halogens is 2. The average Bonchev–Trinajstić information content (AvgIpc) is 2.07. The van der Waals surface area contributed by atoms with Crippen LogP contribution in [0.15, 0.2) is 28.7 Å². The van der Waals surface area contributed by atoms with Crippen LogP contribution in [0.4, 0.5) is 4.39 Å². The lowest BCUT2D eigenvalue weighted by molar-refractivity contribution is 0.218. The van der Waals surface area contributed by atoms with Crippen molar-refractivity contribution in [2.75, 3.05) is 0 Å². The van der Waals surface area contributed by atoms with Crippen molar-refractivity contribution >= 4 is 15.9 Å². The summed E-state index contributed by atoms with van der Waals surface area (Å²) in [7, 11) is 0. The maximum atomic E-state index is 13.6. The minimum atomic E-state index is -1.03. The molecule has 1 atom stereocenters. The fourth-order valence-electron chi connectivity index (χ4n) is 1.12. The van der Waals surface area contributed by atoms with Gasteiger partial charge in [0.25, 0.3) is 0 Å². The van der Waals surface area contributed by atoms with Gasteiger partial charge in [0, 0.05) is 16.4 Å². The van der Waals surface area contributed by atoms with Gasteiger partial charge in [0.1, 0.15) is 6.17 Å². The van der Waals surface area contributed by atoms with Crippen molar-refractivity contribution in [3.05, 3.63) is 34.3 Å². The first-order valence-corrected chi connectivity index (χ1v) is 5.37. The van der Waals surface area contributed by atoms with Crippen molar-refractivity contribution in [1.29, 1.82) is 0 Å². The highest BCUT2D eigenvalue weighted by Crippen LogP contribution is 2.21. The normalized spacial score (nSPS) is 14.1. The Bertz CT molecular complexity index is 306. The first-order valence-electron chi connectivity index (χ1n) is 4.57. The lowest BCUT2D eigenvalue weighted by atomic mass is 9.94. The van der Waals surface area contributed by atoms with Crippen molar-refractivity contribution in [2.45, 2.75) is 32.0 Å². The predicted octanol–water partition coefficient (Wildman–Crippen LogP) is 3.07. The summed E-state index contributed by atoms with van der Waals surface area (Å²) < 4.78 is 14.6. The maximum absolute atomic E-state index is 13.6. The molecule has 0 amide bonds. The number of hydrogen-bond donors (Lipinski definition) is 1. The van der Waals surface area contributed by atoms with Crippen LogP contribution in [0.3, 0.4) is 0 Å². The topological polar surface area (TPSA) is 26.0 Å². The average molecular weight is 260 g/mol. The van der Waals surface area contributed by atoms with Crippen LogP contribution in [-0.4, -0.2) is 11.7 Å². The van der Waals surface area contributed by atoms with Gasteiger partial charge >= 0.3 is 0 Å². The van der Waals surface area contributed by atoms with Crippen LogP contribution in [0.1, 0.15) is 19.4 Å². The van der Waals surface area contributed by atoms with E-state index in [0.717, 1.165) is 10.0 Å². The van der Waals surface area contributed by atoms with E-state index in [1.165, 1.54) is 0 Å². The second kappa shape index (κ2) is 4.41. The van der Waals surface area contributed by atoms with E-state index in [9.17, 15) is 4.39 Å². The molecule has 0 spiro atoms. The first-order chi connectivity index (χ1) is 6.41. The van der Waals surface area contributed by atoms with Gasteiger partial charge in [-0.25, -0.2) is 4.39 Å². The second-order valence-corrected chi connectivity index (χ2v) is 4.94. The lowest BCUT2D eigenvalue weighted by Crippen LogP contribution is -2.43. The van der Waals surface area contributed by atoms with Crippen LogP contribution >= 0.6 is 15.9 Å². The van der Waals surface area contributed by atoms with Crippen molar-refractivity contribution < 1.29 is 4.39 Å². The predicted molar refractivity (Wildman–Crippen MR) is 61.0 cm³/mol. The smallest absolute Gasteiger partial charge is 0.121 e. The van der Waals surface area contributed by atoms with E-state index in [-0.39, 0.29) is 0 Å². The van der Waals surface area contributed by atoms with Crippen LogP contribution < -0.4 is 5.73 Å². The van der Waals surface area contributed by atoms with Crippen LogP contribution in [0, 0.1) is 0 Å². The van der Waals surface area contributed by atoms with Crippen molar-refractivity contribution in [1.82, 2.24) is 0 Å². The van der Waals surface area contributed by atoms with Gasteiger partial charge in [-0.2, -0.15) is 0 Å². The van der Waals surface area contributed by atoms with E-state index >= 15 is 0 Å². The quantitative estimate of drug-likeness (QED) is 0.888. The zero-order chi connectivity index (χ0) is 10.8. The Labute approximate surface area is 92.6 Å². The fourth-order valence-corrected chi connectivity index (χ4v) is 1.57. The van der Waals surface area contributed by atoms with E-state index < -0.39 is 11.7 Å². The Morgan fingerprint density at radius 3 is 2.50 bits per heavy atom. The molecule has 0 aliphatic carbocycles. The molecule has 1 aromatic rings. The molecule has 0 heterocycles. The monoisotopic (exact) mass is 259 g/mol. The van der Waals surface area contributed by atoms with E-state index in [4.69, 9.17) is 5.73 Å². The highest BCUT2D eigenvalue weighted by molar-refractivity contribution is 9.10. The third kappa shape index (κ3) is 3.07. The van der Waals surface area contributed by atoms with E-state index in [0.29, 0.717) is 6.42 Å². The van der Waals surface area contributed by atoms with Crippen molar-refractivity contribution in [2.24, 2.45) is 5.73 Å². The molecule has 0 radical (unpaired) electrons. The fraction of sp³-hybridized carbons (Fsp3) is 0.455. The molecule has 1 rings (SSSR count). The zero-order valence-electron chi connectivity index (χ0n) is 8.43. The summed E-state index contributed by atoms with van der Waals surface area (Å²) in [6.07, 6.45) is -0.675. The summed E-state index contributed by atoms with van der Waals surface area (Å²) >= 11 is 3.38. The summed E-state index contributed by atoms with van der Waals surface area (Å²) in [6.45, 7) is 3.41. The minimum absolute atomic E-state index is 0.352. The molecule has 0 aliphatic rings. The number of benzene rings is 1. The number of rotatable bonds is 3. The van der Waals surface area contributed by atoms with E-state index in [2.05, 4.69) is 15.9 Å². The van der Waals surface area contributed by atoms with Gasteiger partial charge in [0.05, 0.1) is 0 Å². The summed E-state index contributed by atoms with van der Waals surface area (Å²) in [5.41, 5.74) is 5.86. The molecule has 0 aromatic heterocycles. The van der Waals surface area contributed by atoms with Crippen molar-refractivity contribution in [3.63, 3.8) is 0 Å². The van der Waals surface area contributed by atoms with Gasteiger partial charge in [0.2, 0.25) is 0 Å². The highest BCUT2D eigenvalue weighted by Gasteiger charge is 2.25. The Morgan fingerprint density at radius 2 is 2.00 bits per heavy atom. The second-order valence-electron chi connectivity index (χ2n) is 4.08. The van der Waals surface area contributed by atoms with Crippen LogP contribution in [0.25, 0.3) is 0 Å². The van der Waals surface area contributed by atoms with E-state index in [1.54, 1.807) is 13.8 Å². The molecule has 0 aliphatic heterocycles. The largest absolute Gasteiger partial charge is 0.323 e. The molecule has 3 heteroatoms. The van der Waals surface area contributed by atoms with Crippen LogP contribution in [-0.2, 0) is 6.42 Å². The van der Waals surface area contributed by atoms with Gasteiger partial charge in [-0.05, 0) is 25.5 Å². The molecule has 78 valence electrons. The third-order valence-corrected chi connectivity index (χ3v) is 2.94. The molecule has 0 bridgehead atoms. The Balaban J connectivity index is 2.75. The van der Waals surface area contributed by atoms with E-state index in [1.807, 2.05) is 24.3 Å². The molecular formula is C11H15BrFN. The molecule has 1 unspecified atom stereocenters. The number of alkyl halides is 1. The SMILES string of the molecule is CC(C)(N)C(F)Cc1ccccc1Br.